The van der Waals surface area contributed by atoms with E-state index in [2.05, 4.69) is 20.8 Å². The average Bonchev–Trinajstić information content (AvgIpc) is 2.63. The normalized spacial score (nSPS) is 38.1. The van der Waals surface area contributed by atoms with E-state index in [1.807, 2.05) is 0 Å². The van der Waals surface area contributed by atoms with Crippen LogP contribution in [0, 0.1) is 16.7 Å². The zero-order chi connectivity index (χ0) is 12.8. The number of rotatable bonds is 3. The third-order valence-electron chi connectivity index (χ3n) is 4.68. The van der Waals surface area contributed by atoms with Gasteiger partial charge in [0, 0.05) is 10.8 Å². The standard InChI is InChI=1S/C13H20O4/c1-12(2)8-4-5-13(3,7-8)11(12)17-10(16)6-9(14)15/h8,11H,4-7H2,1-3H3,(H,14,15)/t8?,11-,13?/m0/s1. The molecule has 0 saturated heterocycles. The quantitative estimate of drug-likeness (QED) is 0.607. The van der Waals surface area contributed by atoms with Crippen LogP contribution in [0.5, 0.6) is 0 Å². The first-order valence-corrected chi connectivity index (χ1v) is 6.17. The van der Waals surface area contributed by atoms with Crippen molar-refractivity contribution in [2.45, 2.75) is 52.6 Å². The highest BCUT2D eigenvalue weighted by molar-refractivity contribution is 5.90. The molecule has 2 saturated carbocycles. The molecule has 0 radical (unpaired) electrons. The van der Waals surface area contributed by atoms with Gasteiger partial charge in [0.1, 0.15) is 12.5 Å². The van der Waals surface area contributed by atoms with E-state index in [1.165, 1.54) is 6.42 Å². The van der Waals surface area contributed by atoms with Crippen molar-refractivity contribution in [2.75, 3.05) is 0 Å². The minimum Gasteiger partial charge on any atom is -0.481 e. The summed E-state index contributed by atoms with van der Waals surface area (Å²) in [7, 11) is 0. The van der Waals surface area contributed by atoms with E-state index in [-0.39, 0.29) is 16.9 Å². The van der Waals surface area contributed by atoms with E-state index < -0.39 is 18.4 Å². The smallest absolute Gasteiger partial charge is 0.317 e. The predicted molar refractivity (Wildman–Crippen MR) is 61.4 cm³/mol. The number of carboxylic acid groups (broad SMARTS) is 1. The molecule has 2 aliphatic rings. The van der Waals surface area contributed by atoms with Crippen molar-refractivity contribution in [1.82, 2.24) is 0 Å². The maximum atomic E-state index is 11.5. The Morgan fingerprint density at radius 2 is 2.00 bits per heavy atom. The van der Waals surface area contributed by atoms with Gasteiger partial charge < -0.3 is 9.84 Å². The first-order valence-electron chi connectivity index (χ1n) is 6.17. The maximum Gasteiger partial charge on any atom is 0.317 e. The highest BCUT2D eigenvalue weighted by atomic mass is 16.5. The van der Waals surface area contributed by atoms with Crippen LogP contribution in [0.4, 0.5) is 0 Å². The summed E-state index contributed by atoms with van der Waals surface area (Å²) in [5, 5.41) is 8.58. The summed E-state index contributed by atoms with van der Waals surface area (Å²) >= 11 is 0. The predicted octanol–water partition coefficient (Wildman–Crippen LogP) is 2.22. The van der Waals surface area contributed by atoms with Gasteiger partial charge in [0.05, 0.1) is 0 Å². The molecule has 0 aromatic rings. The van der Waals surface area contributed by atoms with Gasteiger partial charge in [-0.1, -0.05) is 20.8 Å². The molecular weight excluding hydrogens is 220 g/mol. The molecule has 96 valence electrons. The molecule has 2 aliphatic carbocycles. The van der Waals surface area contributed by atoms with Crippen molar-refractivity contribution in [1.29, 1.82) is 0 Å². The number of carbonyl (C=O) groups excluding carboxylic acids is 1. The van der Waals surface area contributed by atoms with Crippen molar-refractivity contribution in [3.63, 3.8) is 0 Å². The van der Waals surface area contributed by atoms with Crippen molar-refractivity contribution in [2.24, 2.45) is 16.7 Å². The second-order valence-electron chi connectivity index (χ2n) is 6.36. The van der Waals surface area contributed by atoms with Crippen LogP contribution in [0.3, 0.4) is 0 Å². The van der Waals surface area contributed by atoms with Gasteiger partial charge in [0.2, 0.25) is 0 Å². The summed E-state index contributed by atoms with van der Waals surface area (Å²) < 4.78 is 5.45. The van der Waals surface area contributed by atoms with Crippen LogP contribution >= 0.6 is 0 Å². The number of carboxylic acids is 1. The van der Waals surface area contributed by atoms with Gasteiger partial charge in [0.15, 0.2) is 0 Å². The van der Waals surface area contributed by atoms with Crippen LogP contribution in [0.1, 0.15) is 46.5 Å². The average molecular weight is 240 g/mol. The summed E-state index contributed by atoms with van der Waals surface area (Å²) in [6, 6.07) is 0. The lowest BCUT2D eigenvalue weighted by molar-refractivity contribution is -0.167. The molecule has 0 spiro atoms. The van der Waals surface area contributed by atoms with Gasteiger partial charge in [-0.15, -0.1) is 0 Å². The van der Waals surface area contributed by atoms with Crippen molar-refractivity contribution in [3.05, 3.63) is 0 Å². The third-order valence-corrected chi connectivity index (χ3v) is 4.68. The molecule has 4 nitrogen and oxygen atoms in total. The van der Waals surface area contributed by atoms with Crippen LogP contribution in [-0.2, 0) is 14.3 Å². The fraction of sp³-hybridized carbons (Fsp3) is 0.846. The molecule has 0 aromatic heterocycles. The van der Waals surface area contributed by atoms with E-state index in [1.54, 1.807) is 0 Å². The van der Waals surface area contributed by atoms with E-state index in [4.69, 9.17) is 9.84 Å². The Hall–Kier alpha value is -1.06. The lowest BCUT2D eigenvalue weighted by Crippen LogP contribution is -2.43. The topological polar surface area (TPSA) is 63.6 Å². The van der Waals surface area contributed by atoms with Crippen molar-refractivity contribution in [3.8, 4) is 0 Å². The maximum absolute atomic E-state index is 11.5. The molecule has 0 aromatic carbocycles. The molecule has 2 unspecified atom stereocenters. The molecule has 0 heterocycles. The number of fused-ring (bicyclic) bond motifs is 2. The summed E-state index contributed by atoms with van der Waals surface area (Å²) in [4.78, 5) is 22.0. The van der Waals surface area contributed by atoms with Crippen LogP contribution in [-0.4, -0.2) is 23.1 Å². The number of ether oxygens (including phenoxy) is 1. The first-order chi connectivity index (χ1) is 7.75. The monoisotopic (exact) mass is 240 g/mol. The Balaban J connectivity index is 2.10. The van der Waals surface area contributed by atoms with E-state index >= 15 is 0 Å². The molecule has 2 bridgehead atoms. The number of hydrogen-bond donors (Lipinski definition) is 1. The van der Waals surface area contributed by atoms with E-state index in [9.17, 15) is 9.59 Å². The molecule has 2 fully saturated rings. The van der Waals surface area contributed by atoms with Gasteiger partial charge in [-0.2, -0.15) is 0 Å². The third kappa shape index (κ3) is 1.94. The molecule has 4 heteroatoms. The zero-order valence-corrected chi connectivity index (χ0v) is 10.7. The summed E-state index contributed by atoms with van der Waals surface area (Å²) in [6.07, 6.45) is 2.68. The van der Waals surface area contributed by atoms with E-state index in [0.29, 0.717) is 5.92 Å². The molecule has 2 rings (SSSR count). The SMILES string of the molecule is CC12CCC(C1)C(C)(C)[C@@H]2OC(=O)CC(=O)O. The number of esters is 1. The van der Waals surface area contributed by atoms with E-state index in [0.717, 1.165) is 12.8 Å². The lowest BCUT2D eigenvalue weighted by Gasteiger charge is -2.41. The summed E-state index contributed by atoms with van der Waals surface area (Å²) in [6.45, 7) is 6.40. The minimum atomic E-state index is -1.12. The van der Waals surface area contributed by atoms with Gasteiger partial charge in [-0.05, 0) is 25.2 Å². The van der Waals surface area contributed by atoms with Crippen molar-refractivity contribution < 1.29 is 19.4 Å². The molecule has 0 aliphatic heterocycles. The molecule has 17 heavy (non-hydrogen) atoms. The van der Waals surface area contributed by atoms with Gasteiger partial charge in [0.25, 0.3) is 0 Å². The molecule has 3 atom stereocenters. The second-order valence-corrected chi connectivity index (χ2v) is 6.36. The Labute approximate surface area is 101 Å². The minimum absolute atomic E-state index is 0.0266. The first kappa shape index (κ1) is 12.4. The van der Waals surface area contributed by atoms with Crippen LogP contribution < -0.4 is 0 Å². The number of carbonyl (C=O) groups is 2. The highest BCUT2D eigenvalue weighted by Crippen LogP contribution is 2.63. The van der Waals surface area contributed by atoms with Crippen LogP contribution in [0.2, 0.25) is 0 Å². The Morgan fingerprint density at radius 1 is 1.35 bits per heavy atom. The summed E-state index contributed by atoms with van der Waals surface area (Å²) in [5.41, 5.74) is 0.0174. The van der Waals surface area contributed by atoms with Gasteiger partial charge in [-0.3, -0.25) is 9.59 Å². The largest absolute Gasteiger partial charge is 0.481 e. The Bertz CT molecular complexity index is 356. The fourth-order valence-electron chi connectivity index (χ4n) is 3.85. The lowest BCUT2D eigenvalue weighted by atomic mass is 9.70. The summed E-state index contributed by atoms with van der Waals surface area (Å²) in [5.74, 6) is -1.14. The number of aliphatic carboxylic acids is 1. The van der Waals surface area contributed by atoms with Gasteiger partial charge >= 0.3 is 11.9 Å². The molecule has 0 amide bonds. The Kier molecular flexibility index (Phi) is 2.71. The van der Waals surface area contributed by atoms with Crippen LogP contribution in [0.25, 0.3) is 0 Å². The number of hydrogen-bond acceptors (Lipinski definition) is 3. The second kappa shape index (κ2) is 3.72. The van der Waals surface area contributed by atoms with Gasteiger partial charge in [-0.25, -0.2) is 0 Å². The Morgan fingerprint density at radius 3 is 2.47 bits per heavy atom. The molecular formula is C13H20O4. The zero-order valence-electron chi connectivity index (χ0n) is 10.7. The van der Waals surface area contributed by atoms with Crippen molar-refractivity contribution >= 4 is 11.9 Å². The highest BCUT2D eigenvalue weighted by Gasteiger charge is 2.61. The molecule has 1 N–H and O–H groups in total. The fourth-order valence-corrected chi connectivity index (χ4v) is 3.85. The van der Waals surface area contributed by atoms with Crippen LogP contribution in [0.15, 0.2) is 0 Å².